The van der Waals surface area contributed by atoms with E-state index >= 15 is 0 Å². The third-order valence-corrected chi connectivity index (χ3v) is 7.79. The van der Waals surface area contributed by atoms with Crippen molar-refractivity contribution in [2.45, 2.75) is 25.7 Å². The minimum atomic E-state index is -0.433. The molecule has 1 aliphatic heterocycles. The lowest BCUT2D eigenvalue weighted by atomic mass is 9.98. The number of nitrogens with zero attached hydrogens (tertiary/aromatic N) is 5. The zero-order chi connectivity index (χ0) is 28.3. The quantitative estimate of drug-likeness (QED) is 0.133. The predicted molar refractivity (Wildman–Crippen MR) is 161 cm³/mol. The van der Waals surface area contributed by atoms with E-state index < -0.39 is 4.92 Å². The van der Waals surface area contributed by atoms with Gasteiger partial charge in [-0.25, -0.2) is 9.98 Å². The number of aromatic hydroxyl groups is 1. The highest BCUT2D eigenvalue weighted by Crippen LogP contribution is 2.34. The monoisotopic (exact) mass is 548 g/mol. The summed E-state index contributed by atoms with van der Waals surface area (Å²) in [5.74, 6) is 0.764. The van der Waals surface area contributed by atoms with E-state index in [1.54, 1.807) is 12.3 Å². The first-order valence-corrected chi connectivity index (χ1v) is 13.9. The molecule has 0 atom stereocenters. The van der Waals surface area contributed by atoms with Crippen molar-refractivity contribution in [3.05, 3.63) is 106 Å². The van der Waals surface area contributed by atoms with Gasteiger partial charge in [-0.3, -0.25) is 10.1 Å². The summed E-state index contributed by atoms with van der Waals surface area (Å²) in [7, 11) is 1.95. The first-order valence-electron chi connectivity index (χ1n) is 13.9. The molecule has 3 aromatic carbocycles. The van der Waals surface area contributed by atoms with Crippen LogP contribution in [-0.2, 0) is 13.5 Å². The summed E-state index contributed by atoms with van der Waals surface area (Å²) in [5, 5.41) is 23.1. The SMILES string of the molecule is Cn1ccnc1-c1ccc(N=C(c2ccc(CCN3CCCCC3)cc2)c2c(O)[nH]c3ccc([N+](=O)[O-])cc23)cc1. The second-order valence-corrected chi connectivity index (χ2v) is 10.6. The van der Waals surface area contributed by atoms with Gasteiger partial charge in [0.1, 0.15) is 5.82 Å². The van der Waals surface area contributed by atoms with E-state index in [1.165, 1.54) is 50.0 Å². The Morgan fingerprint density at radius 2 is 1.80 bits per heavy atom. The molecule has 3 heterocycles. The Morgan fingerprint density at radius 3 is 2.49 bits per heavy atom. The Hall–Kier alpha value is -4.76. The van der Waals surface area contributed by atoms with E-state index in [9.17, 15) is 15.2 Å². The van der Waals surface area contributed by atoms with Gasteiger partial charge in [-0.1, -0.05) is 30.7 Å². The fraction of sp³-hybridized carbons (Fsp3) is 0.250. The second kappa shape index (κ2) is 11.4. The number of piperidine rings is 1. The van der Waals surface area contributed by atoms with Gasteiger partial charge in [0.15, 0.2) is 5.88 Å². The summed E-state index contributed by atoms with van der Waals surface area (Å²) in [6.07, 6.45) is 8.49. The lowest BCUT2D eigenvalue weighted by Crippen LogP contribution is -2.31. The second-order valence-electron chi connectivity index (χ2n) is 10.6. The zero-order valence-corrected chi connectivity index (χ0v) is 23.0. The molecule has 41 heavy (non-hydrogen) atoms. The van der Waals surface area contributed by atoms with Crippen LogP contribution in [0.25, 0.3) is 22.3 Å². The molecule has 0 amide bonds. The molecular formula is C32H32N6O3. The molecule has 0 spiro atoms. The molecule has 2 N–H and O–H groups in total. The number of H-pyrrole nitrogens is 1. The number of nitro benzene ring substituents is 1. The van der Waals surface area contributed by atoms with Gasteiger partial charge < -0.3 is 19.6 Å². The van der Waals surface area contributed by atoms with E-state index in [0.717, 1.165) is 29.9 Å². The van der Waals surface area contributed by atoms with Crippen LogP contribution in [0.3, 0.4) is 0 Å². The number of aryl methyl sites for hydroxylation is 1. The normalized spacial score (nSPS) is 14.5. The number of aromatic amines is 1. The van der Waals surface area contributed by atoms with Gasteiger partial charge in [0.2, 0.25) is 0 Å². The van der Waals surface area contributed by atoms with Crippen molar-refractivity contribution in [2.75, 3.05) is 19.6 Å². The number of non-ortho nitro benzene ring substituents is 1. The molecular weight excluding hydrogens is 516 g/mol. The third-order valence-electron chi connectivity index (χ3n) is 7.79. The standard InChI is InChI=1S/C32H32N6O3/c1-36-20-16-33-31(36)24-9-11-25(12-10-24)34-30(29-27-21-26(38(40)41)13-14-28(27)35-32(29)39)23-7-5-22(6-8-23)15-19-37-17-3-2-4-18-37/h5-14,16,20-21,35,39H,2-4,15,17-19H2,1H3. The average molecular weight is 549 g/mol. The highest BCUT2D eigenvalue weighted by Gasteiger charge is 2.21. The van der Waals surface area contributed by atoms with Crippen LogP contribution in [0.4, 0.5) is 11.4 Å². The van der Waals surface area contributed by atoms with Crippen LogP contribution in [0.15, 0.2) is 84.1 Å². The number of likely N-dealkylation sites (tertiary alicyclic amines) is 1. The average Bonchev–Trinajstić information content (AvgIpc) is 3.57. The minimum absolute atomic E-state index is 0.0513. The van der Waals surface area contributed by atoms with Gasteiger partial charge in [0.25, 0.3) is 5.69 Å². The molecule has 9 nitrogen and oxygen atoms in total. The Balaban J connectivity index is 1.39. The molecule has 2 aromatic heterocycles. The number of fused-ring (bicyclic) bond motifs is 1. The first kappa shape index (κ1) is 26.5. The minimum Gasteiger partial charge on any atom is -0.494 e. The maximum absolute atomic E-state index is 11.6. The summed E-state index contributed by atoms with van der Waals surface area (Å²) in [6, 6.07) is 20.5. The van der Waals surface area contributed by atoms with Crippen LogP contribution in [-0.4, -0.2) is 54.8 Å². The van der Waals surface area contributed by atoms with Crippen LogP contribution in [0.5, 0.6) is 5.88 Å². The van der Waals surface area contributed by atoms with E-state index in [4.69, 9.17) is 4.99 Å². The molecule has 0 aliphatic carbocycles. The molecule has 208 valence electrons. The van der Waals surface area contributed by atoms with E-state index in [2.05, 4.69) is 27.0 Å². The summed E-state index contributed by atoms with van der Waals surface area (Å²) >= 11 is 0. The van der Waals surface area contributed by atoms with Crippen molar-refractivity contribution in [3.63, 3.8) is 0 Å². The predicted octanol–water partition coefficient (Wildman–Crippen LogP) is 6.38. The largest absolute Gasteiger partial charge is 0.494 e. The van der Waals surface area contributed by atoms with Crippen LogP contribution in [0.2, 0.25) is 0 Å². The summed E-state index contributed by atoms with van der Waals surface area (Å²) < 4.78 is 1.95. The molecule has 6 rings (SSSR count). The van der Waals surface area contributed by atoms with Crippen molar-refractivity contribution in [2.24, 2.45) is 12.0 Å². The molecule has 5 aromatic rings. The van der Waals surface area contributed by atoms with Crippen LogP contribution in [0.1, 0.15) is 36.0 Å². The molecule has 0 radical (unpaired) electrons. The topological polar surface area (TPSA) is 113 Å². The van der Waals surface area contributed by atoms with E-state index in [-0.39, 0.29) is 11.6 Å². The molecule has 9 heteroatoms. The van der Waals surface area contributed by atoms with Gasteiger partial charge in [0.05, 0.1) is 21.9 Å². The zero-order valence-electron chi connectivity index (χ0n) is 23.0. The van der Waals surface area contributed by atoms with Gasteiger partial charge in [-0.05, 0) is 68.2 Å². The first-order chi connectivity index (χ1) is 20.0. The number of hydrogen-bond acceptors (Lipinski definition) is 6. The number of aliphatic imine (C=N–C) groups is 1. The fourth-order valence-electron chi connectivity index (χ4n) is 5.54. The molecule has 0 saturated carbocycles. The maximum Gasteiger partial charge on any atom is 0.270 e. The van der Waals surface area contributed by atoms with Crippen LogP contribution >= 0.6 is 0 Å². The number of imidazole rings is 1. The molecule has 0 unspecified atom stereocenters. The Bertz CT molecular complexity index is 1710. The molecule has 1 fully saturated rings. The lowest BCUT2D eigenvalue weighted by Gasteiger charge is -2.26. The van der Waals surface area contributed by atoms with Crippen molar-refractivity contribution in [1.82, 2.24) is 19.4 Å². The van der Waals surface area contributed by atoms with Gasteiger partial charge >= 0.3 is 0 Å². The third kappa shape index (κ3) is 5.62. The van der Waals surface area contributed by atoms with Gasteiger partial charge in [0, 0.05) is 60.1 Å². The molecule has 1 saturated heterocycles. The molecule has 0 bridgehead atoms. The van der Waals surface area contributed by atoms with Crippen LogP contribution < -0.4 is 0 Å². The number of aromatic nitrogens is 3. The van der Waals surface area contributed by atoms with Crippen molar-refractivity contribution in [1.29, 1.82) is 0 Å². The highest BCUT2D eigenvalue weighted by molar-refractivity contribution is 6.22. The summed E-state index contributed by atoms with van der Waals surface area (Å²) in [4.78, 5) is 26.0. The number of hydrogen-bond donors (Lipinski definition) is 2. The van der Waals surface area contributed by atoms with Gasteiger partial charge in [-0.2, -0.15) is 0 Å². The summed E-state index contributed by atoms with van der Waals surface area (Å²) in [5.41, 5.74) is 5.19. The Labute approximate surface area is 238 Å². The summed E-state index contributed by atoms with van der Waals surface area (Å²) in [6.45, 7) is 3.37. The Kier molecular flexibility index (Phi) is 7.35. The smallest absolute Gasteiger partial charge is 0.270 e. The molecule has 1 aliphatic rings. The fourth-order valence-corrected chi connectivity index (χ4v) is 5.54. The highest BCUT2D eigenvalue weighted by atomic mass is 16.6. The maximum atomic E-state index is 11.6. The van der Waals surface area contributed by atoms with Gasteiger partial charge in [-0.15, -0.1) is 0 Å². The van der Waals surface area contributed by atoms with Crippen molar-refractivity contribution >= 4 is 28.0 Å². The number of benzene rings is 3. The van der Waals surface area contributed by atoms with E-state index in [1.807, 2.05) is 54.2 Å². The number of rotatable bonds is 8. The number of nitrogens with one attached hydrogen (secondary N) is 1. The van der Waals surface area contributed by atoms with Crippen molar-refractivity contribution < 1.29 is 10.0 Å². The Morgan fingerprint density at radius 1 is 1.05 bits per heavy atom. The van der Waals surface area contributed by atoms with Crippen LogP contribution in [0, 0.1) is 10.1 Å². The van der Waals surface area contributed by atoms with Crippen molar-refractivity contribution in [3.8, 4) is 17.3 Å². The number of nitro groups is 1. The lowest BCUT2D eigenvalue weighted by molar-refractivity contribution is -0.384. The van der Waals surface area contributed by atoms with E-state index in [0.29, 0.717) is 27.9 Å².